The summed E-state index contributed by atoms with van der Waals surface area (Å²) in [6.45, 7) is 3.98. The van der Waals surface area contributed by atoms with Gasteiger partial charge in [0.2, 0.25) is 0 Å². The van der Waals surface area contributed by atoms with E-state index in [0.29, 0.717) is 17.3 Å². The van der Waals surface area contributed by atoms with Crippen LogP contribution in [0.15, 0.2) is 72.8 Å². The Bertz CT molecular complexity index is 979. The van der Waals surface area contributed by atoms with Gasteiger partial charge in [-0.25, -0.2) is 4.79 Å². The predicted octanol–water partition coefficient (Wildman–Crippen LogP) is 5.93. The summed E-state index contributed by atoms with van der Waals surface area (Å²) in [6, 6.07) is 23.7. The van der Waals surface area contributed by atoms with Crippen LogP contribution < -0.4 is 10.1 Å². The molecule has 4 nitrogen and oxygen atoms in total. The van der Waals surface area contributed by atoms with E-state index in [2.05, 4.69) is 34.5 Å². The highest BCUT2D eigenvalue weighted by molar-refractivity contribution is 6.30. The highest BCUT2D eigenvalue weighted by Crippen LogP contribution is 2.24. The minimum absolute atomic E-state index is 0.440. The van der Waals surface area contributed by atoms with E-state index in [0.717, 1.165) is 24.1 Å². The zero-order valence-electron chi connectivity index (χ0n) is 17.5. The lowest BCUT2D eigenvalue weighted by molar-refractivity contribution is 0.200. The highest BCUT2D eigenvalue weighted by atomic mass is 35.5. The van der Waals surface area contributed by atoms with Gasteiger partial charge in [0.1, 0.15) is 5.75 Å². The quantitative estimate of drug-likeness (QED) is 0.500. The van der Waals surface area contributed by atoms with Gasteiger partial charge in [0.05, 0.1) is 0 Å². The molecule has 1 amide bonds. The average Bonchev–Trinajstić information content (AvgIpc) is 3.29. The van der Waals surface area contributed by atoms with Crippen molar-refractivity contribution in [3.63, 3.8) is 0 Å². The average molecular weight is 435 g/mol. The smallest absolute Gasteiger partial charge is 0.410 e. The van der Waals surface area contributed by atoms with Crippen LogP contribution in [0.1, 0.15) is 24.0 Å². The number of ether oxygens (including phenoxy) is 1. The van der Waals surface area contributed by atoms with Crippen LogP contribution in [-0.2, 0) is 13.0 Å². The predicted molar refractivity (Wildman–Crippen MR) is 126 cm³/mol. The van der Waals surface area contributed by atoms with E-state index in [4.69, 9.17) is 16.3 Å². The molecule has 1 N–H and O–H groups in total. The van der Waals surface area contributed by atoms with Gasteiger partial charge in [-0.05, 0) is 78.9 Å². The van der Waals surface area contributed by atoms with Crippen LogP contribution in [0.2, 0.25) is 5.02 Å². The molecule has 0 atom stereocenters. The summed E-state index contributed by atoms with van der Waals surface area (Å²) in [5, 5.41) is 3.53. The monoisotopic (exact) mass is 434 g/mol. The van der Waals surface area contributed by atoms with E-state index in [9.17, 15) is 4.79 Å². The fourth-order valence-electron chi connectivity index (χ4n) is 3.82. The Morgan fingerprint density at radius 2 is 1.42 bits per heavy atom. The number of hydrogen-bond donors (Lipinski definition) is 1. The molecule has 0 radical (unpaired) electrons. The molecule has 1 fully saturated rings. The Hall–Kier alpha value is -2.82. The number of benzene rings is 3. The molecule has 3 aromatic carbocycles. The summed E-state index contributed by atoms with van der Waals surface area (Å²) in [7, 11) is 0. The van der Waals surface area contributed by atoms with Crippen molar-refractivity contribution in [1.82, 2.24) is 10.2 Å². The normalized spacial score (nSPS) is 13.8. The maximum Gasteiger partial charge on any atom is 0.412 e. The van der Waals surface area contributed by atoms with Gasteiger partial charge in [-0.1, -0.05) is 60.1 Å². The third kappa shape index (κ3) is 6.33. The van der Waals surface area contributed by atoms with Gasteiger partial charge < -0.3 is 10.1 Å². The molecule has 0 saturated carbocycles. The third-order valence-corrected chi connectivity index (χ3v) is 5.81. The summed E-state index contributed by atoms with van der Waals surface area (Å²) in [6.07, 6.45) is 2.96. The molecule has 0 aliphatic carbocycles. The Morgan fingerprint density at radius 1 is 0.839 bits per heavy atom. The number of amides is 1. The fraction of sp³-hybridized carbons (Fsp3) is 0.269. The largest absolute Gasteiger partial charge is 0.412 e. The van der Waals surface area contributed by atoms with Crippen molar-refractivity contribution in [2.45, 2.75) is 25.8 Å². The summed E-state index contributed by atoms with van der Waals surface area (Å²) < 4.78 is 5.38. The first-order valence-corrected chi connectivity index (χ1v) is 11.2. The fourth-order valence-corrected chi connectivity index (χ4v) is 3.95. The van der Waals surface area contributed by atoms with E-state index in [-0.39, 0.29) is 0 Å². The van der Waals surface area contributed by atoms with Crippen LogP contribution in [0, 0.1) is 0 Å². The first kappa shape index (κ1) is 21.4. The molecule has 160 valence electrons. The molecule has 5 heteroatoms. The Kier molecular flexibility index (Phi) is 7.23. The van der Waals surface area contributed by atoms with Gasteiger partial charge >= 0.3 is 6.09 Å². The van der Waals surface area contributed by atoms with Crippen molar-refractivity contribution in [3.05, 3.63) is 88.9 Å². The minimum atomic E-state index is -0.440. The number of rotatable bonds is 7. The first-order chi connectivity index (χ1) is 15.2. The number of carbonyl (C=O) groups is 1. The standard InChI is InChI=1S/C26H27ClN2O2/c27-24-11-7-22(8-12-24)23-9-13-25(14-10-23)31-26(30)28-16-15-20-3-5-21(6-4-20)19-29-17-1-2-18-29/h3-14H,1-2,15-19H2,(H,28,30). The SMILES string of the molecule is O=C(NCCc1ccc(CN2CCCC2)cc1)Oc1ccc(-c2ccc(Cl)cc2)cc1. The number of nitrogens with one attached hydrogen (secondary N) is 1. The molecule has 0 aromatic heterocycles. The maximum atomic E-state index is 12.1. The zero-order valence-corrected chi connectivity index (χ0v) is 18.3. The molecule has 1 heterocycles. The lowest BCUT2D eigenvalue weighted by atomic mass is 10.1. The van der Waals surface area contributed by atoms with E-state index in [1.54, 1.807) is 12.1 Å². The number of carbonyl (C=O) groups excluding carboxylic acids is 1. The molecule has 0 bridgehead atoms. The van der Waals surface area contributed by atoms with Crippen molar-refractivity contribution in [2.75, 3.05) is 19.6 Å². The van der Waals surface area contributed by atoms with Crippen molar-refractivity contribution in [1.29, 1.82) is 0 Å². The van der Waals surface area contributed by atoms with Crippen LogP contribution in [0.3, 0.4) is 0 Å². The molecule has 0 unspecified atom stereocenters. The Balaban J connectivity index is 1.20. The zero-order chi connectivity index (χ0) is 21.5. The number of likely N-dealkylation sites (tertiary alicyclic amines) is 1. The molecule has 31 heavy (non-hydrogen) atoms. The summed E-state index contributed by atoms with van der Waals surface area (Å²) in [4.78, 5) is 14.6. The molecule has 1 aliphatic heterocycles. The summed E-state index contributed by atoms with van der Waals surface area (Å²) in [5.41, 5.74) is 4.65. The lowest BCUT2D eigenvalue weighted by Gasteiger charge is -2.14. The lowest BCUT2D eigenvalue weighted by Crippen LogP contribution is -2.28. The van der Waals surface area contributed by atoms with Crippen LogP contribution >= 0.6 is 11.6 Å². The molecular formula is C26H27ClN2O2. The Labute approximate surface area is 188 Å². The second-order valence-corrected chi connectivity index (χ2v) is 8.33. The second kappa shape index (κ2) is 10.5. The summed E-state index contributed by atoms with van der Waals surface area (Å²) in [5.74, 6) is 0.515. The maximum absolute atomic E-state index is 12.1. The highest BCUT2D eigenvalue weighted by Gasteiger charge is 2.11. The summed E-state index contributed by atoms with van der Waals surface area (Å²) >= 11 is 5.93. The topological polar surface area (TPSA) is 41.6 Å². The van der Waals surface area contributed by atoms with E-state index in [1.807, 2.05) is 36.4 Å². The molecule has 4 rings (SSSR count). The third-order valence-electron chi connectivity index (χ3n) is 5.55. The first-order valence-electron chi connectivity index (χ1n) is 10.8. The minimum Gasteiger partial charge on any atom is -0.410 e. The number of nitrogens with zero attached hydrogens (tertiary/aromatic N) is 1. The van der Waals surface area contributed by atoms with Crippen LogP contribution in [-0.4, -0.2) is 30.6 Å². The Morgan fingerprint density at radius 3 is 2.06 bits per heavy atom. The van der Waals surface area contributed by atoms with Crippen molar-refractivity contribution >= 4 is 17.7 Å². The van der Waals surface area contributed by atoms with Gasteiger partial charge in [-0.15, -0.1) is 0 Å². The molecule has 1 saturated heterocycles. The van der Waals surface area contributed by atoms with Crippen molar-refractivity contribution in [2.24, 2.45) is 0 Å². The number of hydrogen-bond acceptors (Lipinski definition) is 3. The number of halogens is 1. The second-order valence-electron chi connectivity index (χ2n) is 7.90. The van der Waals surface area contributed by atoms with Crippen LogP contribution in [0.25, 0.3) is 11.1 Å². The van der Waals surface area contributed by atoms with Gasteiger partial charge in [-0.2, -0.15) is 0 Å². The van der Waals surface area contributed by atoms with E-state index < -0.39 is 6.09 Å². The van der Waals surface area contributed by atoms with Crippen molar-refractivity contribution in [3.8, 4) is 16.9 Å². The van der Waals surface area contributed by atoms with Gasteiger partial charge in [-0.3, -0.25) is 4.90 Å². The van der Waals surface area contributed by atoms with E-state index >= 15 is 0 Å². The molecule has 3 aromatic rings. The van der Waals surface area contributed by atoms with Gasteiger partial charge in [0.15, 0.2) is 0 Å². The van der Waals surface area contributed by atoms with Gasteiger partial charge in [0.25, 0.3) is 0 Å². The molecule has 1 aliphatic rings. The van der Waals surface area contributed by atoms with Gasteiger partial charge in [0, 0.05) is 18.1 Å². The van der Waals surface area contributed by atoms with E-state index in [1.165, 1.54) is 37.1 Å². The molecule has 0 spiro atoms. The van der Waals surface area contributed by atoms with Crippen molar-refractivity contribution < 1.29 is 9.53 Å². The van der Waals surface area contributed by atoms with Crippen LogP contribution in [0.5, 0.6) is 5.75 Å². The van der Waals surface area contributed by atoms with Crippen LogP contribution in [0.4, 0.5) is 4.79 Å². The molecular weight excluding hydrogens is 408 g/mol.